The lowest BCUT2D eigenvalue weighted by Gasteiger charge is -2.34. The Balaban J connectivity index is 0.975. The van der Waals surface area contributed by atoms with E-state index in [1.54, 1.807) is 34.8 Å². The minimum atomic E-state index is -0.786. The smallest absolute Gasteiger partial charge is 0.194 e. The van der Waals surface area contributed by atoms with Crippen LogP contribution in [-0.4, -0.2) is 11.6 Å². The molecule has 0 unspecified atom stereocenters. The van der Waals surface area contributed by atoms with Crippen molar-refractivity contribution < 1.29 is 9.59 Å². The van der Waals surface area contributed by atoms with Crippen molar-refractivity contribution in [3.05, 3.63) is 303 Å². The average molecular weight is 1200 g/mol. The minimum Gasteiger partial charge on any atom is -0.289 e. The Labute approximate surface area is 523 Å². The summed E-state index contributed by atoms with van der Waals surface area (Å²) >= 11 is 6.97. The summed E-state index contributed by atoms with van der Waals surface area (Å²) in [5.74, 6) is -0.412. The van der Waals surface area contributed by atoms with Crippen molar-refractivity contribution in [1.82, 2.24) is 0 Å². The number of carbonyl (C=O) groups excluding carboxylic acids is 2. The maximum atomic E-state index is 14.2. The van der Waals surface area contributed by atoms with E-state index in [0.717, 1.165) is 85.6 Å². The fraction of sp³-hybridized carbons (Fsp3) is 0.0769. The Morgan fingerprint density at radius 3 is 1.02 bits per heavy atom. The Morgan fingerprint density at radius 2 is 0.705 bits per heavy atom. The minimum absolute atomic E-state index is 0.0901. The summed E-state index contributed by atoms with van der Waals surface area (Å²) in [4.78, 5) is 32.6. The Morgan fingerprint density at radius 1 is 0.386 bits per heavy atom. The number of fused-ring (bicyclic) bond motifs is 13. The SMILES string of the molecule is Cc1ccc(C2(c3ccc(C)cc3)c3cc4cc(C=C5C(=O)c6ccccc6C5=C(C#N)C#N)sc4cc3-c3sc4c5c(sc4c32)-c2cc3sc(C=C4C(=O)c6ccccc6C4=C(C#N)C#N)cc3cc2C5(c2ccc(C)cc2)c2ccc(C)cc2)cc1. The predicted octanol–water partition coefficient (Wildman–Crippen LogP) is 19.5. The summed E-state index contributed by atoms with van der Waals surface area (Å²) in [6.07, 6.45) is 3.73. The molecule has 88 heavy (non-hydrogen) atoms. The van der Waals surface area contributed by atoms with E-state index in [-0.39, 0.29) is 22.7 Å². The highest BCUT2D eigenvalue weighted by Gasteiger charge is 2.54. The molecule has 0 radical (unpaired) electrons. The molecule has 4 heterocycles. The highest BCUT2D eigenvalue weighted by atomic mass is 32.1. The molecule has 0 aliphatic heterocycles. The number of benzene rings is 8. The highest BCUT2D eigenvalue weighted by molar-refractivity contribution is 7.32. The third-order valence-corrected chi connectivity index (χ3v) is 23.0. The summed E-state index contributed by atoms with van der Waals surface area (Å²) in [6.45, 7) is 8.54. The average Bonchev–Trinajstić information content (AvgIpc) is 1.49. The van der Waals surface area contributed by atoms with E-state index in [1.165, 1.54) is 41.4 Å². The number of allylic oxidation sites excluding steroid dienone is 6. The van der Waals surface area contributed by atoms with Crippen molar-refractivity contribution in [3.63, 3.8) is 0 Å². The molecule has 0 N–H and O–H groups in total. The van der Waals surface area contributed by atoms with E-state index >= 15 is 0 Å². The molecule has 16 rings (SSSR count). The molecule has 0 spiro atoms. The molecule has 0 fully saturated rings. The molecule has 4 aromatic heterocycles. The molecule has 6 nitrogen and oxygen atoms in total. The molecule has 10 heteroatoms. The van der Waals surface area contributed by atoms with Gasteiger partial charge >= 0.3 is 0 Å². The predicted molar refractivity (Wildman–Crippen MR) is 358 cm³/mol. The van der Waals surface area contributed by atoms with E-state index in [1.807, 2.05) is 71.2 Å². The topological polar surface area (TPSA) is 129 Å². The maximum Gasteiger partial charge on any atom is 0.194 e. The largest absolute Gasteiger partial charge is 0.289 e. The number of nitrogens with zero attached hydrogens (tertiary/aromatic N) is 4. The Kier molecular flexibility index (Phi) is 11.8. The fourth-order valence-electron chi connectivity index (χ4n) is 14.3. The summed E-state index contributed by atoms with van der Waals surface area (Å²) in [7, 11) is 0. The van der Waals surface area contributed by atoms with Crippen LogP contribution in [0.4, 0.5) is 0 Å². The van der Waals surface area contributed by atoms with Gasteiger partial charge in [-0.25, -0.2) is 0 Å². The van der Waals surface area contributed by atoms with Crippen LogP contribution < -0.4 is 0 Å². The van der Waals surface area contributed by atoms with E-state index in [9.17, 15) is 30.6 Å². The van der Waals surface area contributed by atoms with Gasteiger partial charge in [0.1, 0.15) is 35.4 Å². The van der Waals surface area contributed by atoms with Crippen LogP contribution in [-0.2, 0) is 10.8 Å². The number of hydrogen-bond donors (Lipinski definition) is 0. The number of rotatable bonds is 6. The zero-order chi connectivity index (χ0) is 60.1. The first kappa shape index (κ1) is 53.1. The number of Topliss-reactive ketones (excluding diaryl/α,β-unsaturated/α-hetero) is 2. The summed E-state index contributed by atoms with van der Waals surface area (Å²) in [5.41, 5.74) is 18.3. The highest BCUT2D eigenvalue weighted by Crippen LogP contribution is 2.69. The third kappa shape index (κ3) is 7.33. The number of ketones is 2. The summed E-state index contributed by atoms with van der Waals surface area (Å²) in [5, 5.41) is 42.8. The number of carbonyl (C=O) groups is 2. The second kappa shape index (κ2) is 19.6. The van der Waals surface area contributed by atoms with Crippen molar-refractivity contribution >= 4 is 110 Å². The van der Waals surface area contributed by atoms with Crippen molar-refractivity contribution in [2.45, 2.75) is 38.5 Å². The molecular formula is C78H44N4O2S4. The molecule has 412 valence electrons. The van der Waals surface area contributed by atoms with Crippen molar-refractivity contribution in [2.75, 3.05) is 0 Å². The van der Waals surface area contributed by atoms with E-state index in [4.69, 9.17) is 0 Å². The first-order valence-corrected chi connectivity index (χ1v) is 32.0. The van der Waals surface area contributed by atoms with Gasteiger partial charge in [0.25, 0.3) is 0 Å². The van der Waals surface area contributed by atoms with Crippen LogP contribution in [0.2, 0.25) is 0 Å². The second-order valence-corrected chi connectivity index (χ2v) is 27.5. The third-order valence-electron chi connectivity index (χ3n) is 18.3. The van der Waals surface area contributed by atoms with Crippen LogP contribution in [0, 0.1) is 73.0 Å². The molecule has 4 aliphatic carbocycles. The molecule has 12 aromatic rings. The lowest BCUT2D eigenvalue weighted by atomic mass is 9.66. The lowest BCUT2D eigenvalue weighted by Crippen LogP contribution is -2.29. The van der Waals surface area contributed by atoms with E-state index in [0.29, 0.717) is 44.5 Å². The van der Waals surface area contributed by atoms with Gasteiger partial charge in [0.05, 0.1) is 20.2 Å². The molecule has 0 saturated carbocycles. The zero-order valence-corrected chi connectivity index (χ0v) is 51.0. The normalized spacial score (nSPS) is 15.5. The van der Waals surface area contributed by atoms with Gasteiger partial charge in [0, 0.05) is 73.5 Å². The zero-order valence-electron chi connectivity index (χ0n) is 47.7. The van der Waals surface area contributed by atoms with Crippen molar-refractivity contribution in [3.8, 4) is 45.2 Å². The fourth-order valence-corrected chi connectivity index (χ4v) is 19.6. The first-order chi connectivity index (χ1) is 42.9. The Bertz CT molecular complexity index is 5020. The van der Waals surface area contributed by atoms with Crippen LogP contribution in [0.3, 0.4) is 0 Å². The molecule has 8 aromatic carbocycles. The van der Waals surface area contributed by atoms with Crippen molar-refractivity contribution in [1.29, 1.82) is 21.0 Å². The van der Waals surface area contributed by atoms with E-state index in [2.05, 4.69) is 185 Å². The number of nitriles is 4. The quantitative estimate of drug-likeness (QED) is 0.120. The van der Waals surface area contributed by atoms with Crippen LogP contribution in [0.5, 0.6) is 0 Å². The van der Waals surface area contributed by atoms with Gasteiger partial charge in [-0.05, 0) is 143 Å². The van der Waals surface area contributed by atoms with Crippen LogP contribution in [0.25, 0.3) is 73.8 Å². The van der Waals surface area contributed by atoms with Gasteiger partial charge in [0.15, 0.2) is 11.6 Å². The summed E-state index contributed by atoms with van der Waals surface area (Å²) < 4.78 is 4.57. The number of hydrogen-bond acceptors (Lipinski definition) is 10. The monoisotopic (exact) mass is 1200 g/mol. The molecular weight excluding hydrogens is 1150 g/mol. The Hall–Kier alpha value is -10.4. The second-order valence-electron chi connectivity index (χ2n) is 23.2. The van der Waals surface area contributed by atoms with Gasteiger partial charge in [-0.15, -0.1) is 45.3 Å². The molecule has 0 amide bonds. The number of thiophene rings is 4. The van der Waals surface area contributed by atoms with Gasteiger partial charge < -0.3 is 0 Å². The molecule has 4 aliphatic rings. The maximum absolute atomic E-state index is 14.2. The molecule has 0 atom stereocenters. The van der Waals surface area contributed by atoms with Gasteiger partial charge in [0.2, 0.25) is 0 Å². The van der Waals surface area contributed by atoms with Gasteiger partial charge in [-0.3, -0.25) is 9.59 Å². The van der Waals surface area contributed by atoms with Gasteiger partial charge in [-0.2, -0.15) is 21.0 Å². The van der Waals surface area contributed by atoms with E-state index < -0.39 is 10.8 Å². The first-order valence-electron chi connectivity index (χ1n) is 28.7. The van der Waals surface area contributed by atoms with Crippen molar-refractivity contribution in [2.24, 2.45) is 0 Å². The van der Waals surface area contributed by atoms with Crippen LogP contribution in [0.1, 0.15) is 108 Å². The standard InChI is InChI=1S/C78H44N4O2S4/c1-41-13-21-49(22-14-41)77(50-23-15-42(2)16-24-50)63-31-45-29-53(33-61-67(47(37-79)38-80)55-9-5-7-11-57(55)71(61)83)85-65(45)35-59(63)73-69(77)75-76(87-73)70-74(88-75)60-36-66-46(32-64(60)78(70,51-25-17-43(3)18-26-51)52-27-19-44(4)20-28-52)30-54(86-66)34-62-68(48(39-81)40-82)56-10-6-8-12-58(56)72(62)84/h5-36H,1-4H3. The summed E-state index contributed by atoms with van der Waals surface area (Å²) in [6, 6.07) is 72.8. The number of aryl methyl sites for hydroxylation is 4. The van der Waals surface area contributed by atoms with Crippen LogP contribution in [0.15, 0.2) is 204 Å². The molecule has 0 bridgehead atoms. The molecule has 0 saturated heterocycles. The lowest BCUT2D eigenvalue weighted by molar-refractivity contribution is 0.103. The van der Waals surface area contributed by atoms with Crippen LogP contribution >= 0.6 is 45.3 Å². The van der Waals surface area contributed by atoms with Gasteiger partial charge in [-0.1, -0.05) is 168 Å².